The number of rotatable bonds is 9. The minimum atomic E-state index is -1.13. The number of nitro benzene ring substituents is 1. The van der Waals surface area contributed by atoms with Gasteiger partial charge in [0, 0.05) is 24.1 Å². The van der Waals surface area contributed by atoms with Gasteiger partial charge in [-0.25, -0.2) is 4.98 Å². The van der Waals surface area contributed by atoms with Gasteiger partial charge in [-0.15, -0.1) is 0 Å². The van der Waals surface area contributed by atoms with Crippen LogP contribution in [-0.2, 0) is 20.7 Å². The number of methoxy groups -OCH3 is 1. The molecule has 172 valence electrons. The van der Waals surface area contributed by atoms with Gasteiger partial charge in [-0.05, 0) is 19.9 Å². The van der Waals surface area contributed by atoms with E-state index in [0.29, 0.717) is 11.7 Å². The number of nitrogens with one attached hydrogen (secondary N) is 1. The van der Waals surface area contributed by atoms with Gasteiger partial charge in [-0.1, -0.05) is 29.8 Å². The molecule has 33 heavy (non-hydrogen) atoms. The van der Waals surface area contributed by atoms with Gasteiger partial charge in [0.1, 0.15) is 5.75 Å². The molecule has 1 aromatic heterocycles. The van der Waals surface area contributed by atoms with Crippen molar-refractivity contribution in [2.24, 2.45) is 0 Å². The van der Waals surface area contributed by atoms with Crippen LogP contribution in [0.4, 0.5) is 11.4 Å². The molecule has 3 rings (SSSR count). The Morgan fingerprint density at radius 3 is 2.61 bits per heavy atom. The molecule has 10 nitrogen and oxygen atoms in total. The van der Waals surface area contributed by atoms with Gasteiger partial charge in [0.2, 0.25) is 0 Å². The maximum absolute atomic E-state index is 12.4. The number of aryl methyl sites for hydroxylation is 2. The molecule has 1 heterocycles. The standard InChI is InChI=1S/C23H23N3O7/c1-14-4-6-16(7-5-14)20-13-24-21(33-20)10-11-22(27)32-15(2)23(28)25-18-12-17(26(29)30)8-9-19(18)31-3/h4-9,12-13,15H,10-11H2,1-3H3,(H,25,28). The Morgan fingerprint density at radius 1 is 1.21 bits per heavy atom. The Bertz CT molecular complexity index is 1160. The summed E-state index contributed by atoms with van der Waals surface area (Å²) in [6, 6.07) is 11.6. The molecule has 0 saturated carbocycles. The molecule has 1 amide bonds. The highest BCUT2D eigenvalue weighted by atomic mass is 16.6. The number of carbonyl (C=O) groups is 2. The molecule has 0 spiro atoms. The number of hydrogen-bond donors (Lipinski definition) is 1. The van der Waals surface area contributed by atoms with Gasteiger partial charge < -0.3 is 19.2 Å². The molecule has 0 aliphatic heterocycles. The number of esters is 1. The van der Waals surface area contributed by atoms with Crippen LogP contribution < -0.4 is 10.1 Å². The van der Waals surface area contributed by atoms with Crippen LogP contribution in [0.3, 0.4) is 0 Å². The molecule has 1 unspecified atom stereocenters. The first-order chi connectivity index (χ1) is 15.8. The number of nitrogens with zero attached hydrogens (tertiary/aromatic N) is 2. The minimum Gasteiger partial charge on any atom is -0.495 e. The smallest absolute Gasteiger partial charge is 0.307 e. The number of ether oxygens (including phenoxy) is 2. The lowest BCUT2D eigenvalue weighted by Crippen LogP contribution is -2.30. The Hall–Kier alpha value is -4.21. The normalized spacial score (nSPS) is 11.5. The molecule has 2 aromatic carbocycles. The summed E-state index contributed by atoms with van der Waals surface area (Å²) in [5, 5.41) is 13.5. The summed E-state index contributed by atoms with van der Waals surface area (Å²) >= 11 is 0. The second kappa shape index (κ2) is 10.4. The molecule has 0 bridgehead atoms. The van der Waals surface area contributed by atoms with Gasteiger partial charge >= 0.3 is 5.97 Å². The Morgan fingerprint density at radius 2 is 1.94 bits per heavy atom. The number of aromatic nitrogens is 1. The predicted octanol–water partition coefficient (Wildman–Crippen LogP) is 4.07. The molecule has 1 atom stereocenters. The first kappa shape index (κ1) is 23.5. The predicted molar refractivity (Wildman–Crippen MR) is 119 cm³/mol. The van der Waals surface area contributed by atoms with E-state index in [1.165, 1.54) is 32.2 Å². The molecule has 10 heteroatoms. The summed E-state index contributed by atoms with van der Waals surface area (Å²) in [6.45, 7) is 3.39. The topological polar surface area (TPSA) is 134 Å². The minimum absolute atomic E-state index is 0.0361. The first-order valence-electron chi connectivity index (χ1n) is 10.1. The van der Waals surface area contributed by atoms with E-state index in [4.69, 9.17) is 13.9 Å². The van der Waals surface area contributed by atoms with Crippen molar-refractivity contribution in [1.29, 1.82) is 0 Å². The maximum atomic E-state index is 12.4. The largest absolute Gasteiger partial charge is 0.495 e. The van der Waals surface area contributed by atoms with Crippen LogP contribution in [0.15, 0.2) is 53.1 Å². The van der Waals surface area contributed by atoms with E-state index in [-0.39, 0.29) is 30.0 Å². The van der Waals surface area contributed by atoms with E-state index >= 15 is 0 Å². The number of hydrogen-bond acceptors (Lipinski definition) is 8. The fourth-order valence-electron chi connectivity index (χ4n) is 2.94. The summed E-state index contributed by atoms with van der Waals surface area (Å²) in [5.41, 5.74) is 1.89. The fourth-order valence-corrected chi connectivity index (χ4v) is 2.94. The first-order valence-corrected chi connectivity index (χ1v) is 10.1. The number of anilines is 1. The van der Waals surface area contributed by atoms with Gasteiger partial charge in [0.05, 0.1) is 30.3 Å². The molecule has 0 saturated heterocycles. The molecule has 0 aliphatic rings. The van der Waals surface area contributed by atoms with Crippen molar-refractivity contribution in [3.63, 3.8) is 0 Å². The average Bonchev–Trinajstić information content (AvgIpc) is 3.27. The second-order valence-electron chi connectivity index (χ2n) is 7.25. The van der Waals surface area contributed by atoms with Gasteiger partial charge in [-0.3, -0.25) is 19.7 Å². The number of benzene rings is 2. The van der Waals surface area contributed by atoms with E-state index in [2.05, 4.69) is 10.3 Å². The molecule has 0 aliphatic carbocycles. The summed E-state index contributed by atoms with van der Waals surface area (Å²) in [6.07, 6.45) is 0.631. The van der Waals surface area contributed by atoms with E-state index in [0.717, 1.165) is 11.1 Å². The van der Waals surface area contributed by atoms with Gasteiger partial charge in [0.15, 0.2) is 17.8 Å². The van der Waals surface area contributed by atoms with E-state index < -0.39 is 22.9 Å². The van der Waals surface area contributed by atoms with Crippen LogP contribution in [0.2, 0.25) is 0 Å². The van der Waals surface area contributed by atoms with Crippen molar-refractivity contribution in [3.05, 3.63) is 70.2 Å². The summed E-state index contributed by atoms with van der Waals surface area (Å²) in [5.74, 6) is -0.0580. The number of oxazole rings is 1. The van der Waals surface area contributed by atoms with E-state index in [1.54, 1.807) is 6.20 Å². The number of non-ortho nitro benzene ring substituents is 1. The van der Waals surface area contributed by atoms with Crippen LogP contribution in [0.1, 0.15) is 24.8 Å². The molecular formula is C23H23N3O7. The Balaban J connectivity index is 1.53. The third-order valence-corrected chi connectivity index (χ3v) is 4.76. The van der Waals surface area contributed by atoms with Gasteiger partial charge in [0.25, 0.3) is 11.6 Å². The molecule has 0 radical (unpaired) electrons. The SMILES string of the molecule is COc1ccc([N+](=O)[O-])cc1NC(=O)C(C)OC(=O)CCc1ncc(-c2ccc(C)cc2)o1. The van der Waals surface area contributed by atoms with Crippen molar-refractivity contribution in [3.8, 4) is 17.1 Å². The summed E-state index contributed by atoms with van der Waals surface area (Å²) in [4.78, 5) is 39.1. The number of nitro groups is 1. The lowest BCUT2D eigenvalue weighted by atomic mass is 10.1. The highest BCUT2D eigenvalue weighted by Gasteiger charge is 2.21. The van der Waals surface area contributed by atoms with Crippen molar-refractivity contribution in [1.82, 2.24) is 4.98 Å². The van der Waals surface area contributed by atoms with E-state index in [1.807, 2.05) is 31.2 Å². The summed E-state index contributed by atoms with van der Waals surface area (Å²) < 4.78 is 16.0. The molecule has 1 N–H and O–H groups in total. The number of amides is 1. The third kappa shape index (κ3) is 6.16. The molecular weight excluding hydrogens is 430 g/mol. The van der Waals surface area contributed by atoms with Crippen LogP contribution >= 0.6 is 0 Å². The number of carbonyl (C=O) groups excluding carboxylic acids is 2. The second-order valence-corrected chi connectivity index (χ2v) is 7.25. The zero-order valence-electron chi connectivity index (χ0n) is 18.4. The quantitative estimate of drug-likeness (QED) is 0.291. The Kier molecular flexibility index (Phi) is 7.39. The van der Waals surface area contributed by atoms with Crippen LogP contribution in [0.25, 0.3) is 11.3 Å². The highest BCUT2D eigenvalue weighted by Crippen LogP contribution is 2.29. The molecule has 3 aromatic rings. The lowest BCUT2D eigenvalue weighted by molar-refractivity contribution is -0.384. The van der Waals surface area contributed by atoms with Crippen molar-refractivity contribution < 1.29 is 28.4 Å². The molecule has 0 fully saturated rings. The van der Waals surface area contributed by atoms with Crippen molar-refractivity contribution >= 4 is 23.3 Å². The lowest BCUT2D eigenvalue weighted by Gasteiger charge is -2.15. The monoisotopic (exact) mass is 453 g/mol. The third-order valence-electron chi connectivity index (χ3n) is 4.76. The zero-order valence-corrected chi connectivity index (χ0v) is 18.4. The zero-order chi connectivity index (χ0) is 24.0. The fraction of sp³-hybridized carbons (Fsp3) is 0.261. The van der Waals surface area contributed by atoms with Crippen molar-refractivity contribution in [2.75, 3.05) is 12.4 Å². The van der Waals surface area contributed by atoms with Crippen LogP contribution in [0, 0.1) is 17.0 Å². The Labute approximate surface area is 189 Å². The van der Waals surface area contributed by atoms with Crippen LogP contribution in [-0.4, -0.2) is 35.0 Å². The van der Waals surface area contributed by atoms with Gasteiger partial charge in [-0.2, -0.15) is 0 Å². The van der Waals surface area contributed by atoms with Crippen molar-refractivity contribution in [2.45, 2.75) is 32.8 Å². The summed E-state index contributed by atoms with van der Waals surface area (Å²) in [7, 11) is 1.37. The maximum Gasteiger partial charge on any atom is 0.307 e. The average molecular weight is 453 g/mol. The highest BCUT2D eigenvalue weighted by molar-refractivity contribution is 5.96. The van der Waals surface area contributed by atoms with Crippen LogP contribution in [0.5, 0.6) is 5.75 Å². The van der Waals surface area contributed by atoms with E-state index in [9.17, 15) is 19.7 Å².